The van der Waals surface area contributed by atoms with Crippen molar-refractivity contribution < 1.29 is 9.53 Å². The fourth-order valence-corrected chi connectivity index (χ4v) is 4.53. The highest BCUT2D eigenvalue weighted by molar-refractivity contribution is 6.36. The van der Waals surface area contributed by atoms with Gasteiger partial charge in [-0.2, -0.15) is 5.10 Å². The van der Waals surface area contributed by atoms with Gasteiger partial charge in [0.25, 0.3) is 5.91 Å². The molecule has 0 aliphatic heterocycles. The van der Waals surface area contributed by atoms with Gasteiger partial charge in [-0.1, -0.05) is 37.0 Å². The first-order valence-corrected chi connectivity index (χ1v) is 9.68. The van der Waals surface area contributed by atoms with Crippen molar-refractivity contribution in [1.82, 2.24) is 20.1 Å². The number of halogens is 2. The lowest BCUT2D eigenvalue weighted by Gasteiger charge is -2.47. The first-order valence-electron chi connectivity index (χ1n) is 8.93. The molecule has 1 saturated carbocycles. The summed E-state index contributed by atoms with van der Waals surface area (Å²) in [4.78, 5) is 16.9. The Morgan fingerprint density at radius 1 is 1.41 bits per heavy atom. The van der Waals surface area contributed by atoms with Gasteiger partial charge in [-0.25, -0.2) is 4.98 Å². The molecule has 1 aliphatic rings. The Morgan fingerprint density at radius 2 is 2.19 bits per heavy atom. The van der Waals surface area contributed by atoms with Crippen molar-refractivity contribution in [3.05, 3.63) is 46.5 Å². The number of aromatic nitrogens is 3. The predicted octanol–water partition coefficient (Wildman–Crippen LogP) is 3.83. The minimum Gasteiger partial charge on any atom is -0.380 e. The highest BCUT2D eigenvalue weighted by Gasteiger charge is 2.45. The van der Waals surface area contributed by atoms with Gasteiger partial charge in [-0.3, -0.25) is 9.48 Å². The van der Waals surface area contributed by atoms with Gasteiger partial charge in [0, 0.05) is 30.6 Å². The van der Waals surface area contributed by atoms with E-state index in [0.29, 0.717) is 22.2 Å². The molecule has 27 heavy (non-hydrogen) atoms. The van der Waals surface area contributed by atoms with Crippen LogP contribution in [0.5, 0.6) is 0 Å². The van der Waals surface area contributed by atoms with Crippen molar-refractivity contribution in [2.45, 2.75) is 45.4 Å². The highest BCUT2D eigenvalue weighted by Crippen LogP contribution is 2.41. The Balaban J connectivity index is 1.83. The van der Waals surface area contributed by atoms with Gasteiger partial charge < -0.3 is 10.1 Å². The summed E-state index contributed by atoms with van der Waals surface area (Å²) >= 11 is 12.1. The number of ether oxygens (including phenoxy) is 1. The zero-order chi connectivity index (χ0) is 19.6. The second kappa shape index (κ2) is 8.17. The number of hydrogen-bond donors (Lipinski definition) is 1. The fourth-order valence-electron chi connectivity index (χ4n) is 4.03. The Hall–Kier alpha value is -1.63. The molecule has 1 aliphatic carbocycles. The van der Waals surface area contributed by atoms with E-state index in [2.05, 4.69) is 29.2 Å². The van der Waals surface area contributed by atoms with E-state index in [1.807, 2.05) is 0 Å². The molecule has 1 amide bonds. The van der Waals surface area contributed by atoms with Crippen LogP contribution in [0.3, 0.4) is 0 Å². The molecule has 3 rings (SSSR count). The maximum atomic E-state index is 12.8. The van der Waals surface area contributed by atoms with Gasteiger partial charge in [-0.15, -0.1) is 0 Å². The van der Waals surface area contributed by atoms with Gasteiger partial charge in [0.05, 0.1) is 16.7 Å². The smallest absolute Gasteiger partial charge is 0.253 e. The molecule has 0 radical (unpaired) electrons. The van der Waals surface area contributed by atoms with Gasteiger partial charge in [-0.05, 0) is 36.5 Å². The van der Waals surface area contributed by atoms with Crippen LogP contribution < -0.4 is 5.32 Å². The molecular formula is C19H24Cl2N4O2. The molecule has 0 saturated heterocycles. The van der Waals surface area contributed by atoms with Gasteiger partial charge in [0.15, 0.2) is 0 Å². The van der Waals surface area contributed by atoms with Crippen LogP contribution in [0.1, 0.15) is 37.0 Å². The van der Waals surface area contributed by atoms with Crippen molar-refractivity contribution in [1.29, 1.82) is 0 Å². The van der Waals surface area contributed by atoms with Gasteiger partial charge in [0.1, 0.15) is 12.7 Å². The second-order valence-corrected chi connectivity index (χ2v) is 8.51. The van der Waals surface area contributed by atoms with Crippen LogP contribution in [0.15, 0.2) is 30.9 Å². The molecule has 0 spiro atoms. The average Bonchev–Trinajstić information content (AvgIpc) is 3.10. The lowest BCUT2D eigenvalue weighted by Crippen LogP contribution is -2.55. The first-order chi connectivity index (χ1) is 12.8. The molecule has 1 N–H and O–H groups in total. The van der Waals surface area contributed by atoms with Gasteiger partial charge >= 0.3 is 0 Å². The summed E-state index contributed by atoms with van der Waals surface area (Å²) in [7, 11) is 1.72. The third kappa shape index (κ3) is 4.45. The van der Waals surface area contributed by atoms with Crippen LogP contribution in [-0.2, 0) is 11.3 Å². The third-order valence-corrected chi connectivity index (χ3v) is 5.93. The lowest BCUT2D eigenvalue weighted by atomic mass is 9.67. The predicted molar refractivity (Wildman–Crippen MR) is 105 cm³/mol. The maximum Gasteiger partial charge on any atom is 0.253 e. The van der Waals surface area contributed by atoms with Crippen molar-refractivity contribution in [3.8, 4) is 0 Å². The number of amides is 1. The Labute approximate surface area is 169 Å². The molecule has 8 heteroatoms. The van der Waals surface area contributed by atoms with E-state index in [9.17, 15) is 4.79 Å². The van der Waals surface area contributed by atoms with Crippen LogP contribution >= 0.6 is 23.2 Å². The van der Waals surface area contributed by atoms with Crippen LogP contribution in [0.4, 0.5) is 0 Å². The van der Waals surface area contributed by atoms with E-state index in [0.717, 1.165) is 12.8 Å². The quantitative estimate of drug-likeness (QED) is 0.812. The third-order valence-electron chi connectivity index (χ3n) is 5.39. The fraction of sp³-hybridized carbons (Fsp3) is 0.526. The summed E-state index contributed by atoms with van der Waals surface area (Å²) in [5, 5.41) is 8.22. The topological polar surface area (TPSA) is 69.0 Å². The first kappa shape index (κ1) is 20.1. The zero-order valence-electron chi connectivity index (χ0n) is 15.7. The Kier molecular flexibility index (Phi) is 6.08. The van der Waals surface area contributed by atoms with E-state index in [4.69, 9.17) is 27.9 Å². The van der Waals surface area contributed by atoms with E-state index < -0.39 is 0 Å². The SMILES string of the molecule is CO[C@@H]1[C@H](Cn2cncn2)[C@H](NC(=O)c2ccc(Cl)cc2Cl)CCC1(C)C. The summed E-state index contributed by atoms with van der Waals surface area (Å²) in [6, 6.07) is 4.82. The molecule has 3 atom stereocenters. The largest absolute Gasteiger partial charge is 0.380 e. The molecule has 1 aromatic carbocycles. The summed E-state index contributed by atoms with van der Waals surface area (Å²) in [5.74, 6) is -0.157. The molecule has 6 nitrogen and oxygen atoms in total. The monoisotopic (exact) mass is 410 g/mol. The normalized spacial score (nSPS) is 24.6. The second-order valence-electron chi connectivity index (χ2n) is 7.67. The molecular weight excluding hydrogens is 387 g/mol. The minimum atomic E-state index is -0.209. The van der Waals surface area contributed by atoms with Crippen LogP contribution in [0.2, 0.25) is 10.0 Å². The number of benzene rings is 1. The van der Waals surface area contributed by atoms with E-state index >= 15 is 0 Å². The van der Waals surface area contributed by atoms with Crippen molar-refractivity contribution >= 4 is 29.1 Å². The van der Waals surface area contributed by atoms with Gasteiger partial charge in [0.2, 0.25) is 0 Å². The van der Waals surface area contributed by atoms with E-state index in [1.165, 1.54) is 6.33 Å². The standard InChI is InChI=1S/C19H24Cl2N4O2/c1-19(2)7-6-16(14(17(19)27-3)9-25-11-22-10-23-25)24-18(26)13-5-4-12(20)8-15(13)21/h4-5,8,10-11,14,16-17H,6-7,9H2,1-3H3,(H,24,26)/t14-,16-,17-/m1/s1. The lowest BCUT2D eigenvalue weighted by molar-refractivity contribution is -0.0792. The van der Waals surface area contributed by atoms with Crippen molar-refractivity contribution in [2.24, 2.45) is 11.3 Å². The molecule has 2 aromatic rings. The zero-order valence-corrected chi connectivity index (χ0v) is 17.2. The maximum absolute atomic E-state index is 12.8. The number of nitrogens with zero attached hydrogens (tertiary/aromatic N) is 3. The van der Waals surface area contributed by atoms with E-state index in [1.54, 1.807) is 36.3 Å². The number of rotatable bonds is 5. The number of hydrogen-bond acceptors (Lipinski definition) is 4. The Bertz CT molecular complexity index is 795. The number of carbonyl (C=O) groups is 1. The van der Waals surface area contributed by atoms with E-state index in [-0.39, 0.29) is 29.4 Å². The molecule has 146 valence electrons. The number of nitrogens with one attached hydrogen (secondary N) is 1. The number of carbonyl (C=O) groups excluding carboxylic acids is 1. The molecule has 1 aromatic heterocycles. The summed E-state index contributed by atoms with van der Waals surface area (Å²) in [5.41, 5.74) is 0.415. The molecule has 1 heterocycles. The summed E-state index contributed by atoms with van der Waals surface area (Å²) < 4.78 is 7.65. The van der Waals surface area contributed by atoms with Crippen LogP contribution in [0.25, 0.3) is 0 Å². The molecule has 0 unspecified atom stereocenters. The summed E-state index contributed by atoms with van der Waals surface area (Å²) in [6.07, 6.45) is 4.96. The van der Waals surface area contributed by atoms with Crippen LogP contribution in [-0.4, -0.2) is 39.9 Å². The molecule has 0 bridgehead atoms. The summed E-state index contributed by atoms with van der Waals surface area (Å²) in [6.45, 7) is 5.01. The number of methoxy groups -OCH3 is 1. The highest BCUT2D eigenvalue weighted by atomic mass is 35.5. The molecule has 1 fully saturated rings. The van der Waals surface area contributed by atoms with Crippen molar-refractivity contribution in [3.63, 3.8) is 0 Å². The average molecular weight is 411 g/mol. The van der Waals surface area contributed by atoms with Crippen molar-refractivity contribution in [2.75, 3.05) is 7.11 Å². The minimum absolute atomic E-state index is 0.000850. The Morgan fingerprint density at radius 3 is 2.81 bits per heavy atom. The van der Waals surface area contributed by atoms with Crippen LogP contribution in [0, 0.1) is 11.3 Å².